The first-order valence-electron chi connectivity index (χ1n) is 23.3. The summed E-state index contributed by atoms with van der Waals surface area (Å²) in [5, 5.41) is 0. The molecule has 56 heavy (non-hydrogen) atoms. The summed E-state index contributed by atoms with van der Waals surface area (Å²) in [7, 11) is 0. The fraction of sp³-hybridized carbons (Fsp3) is 0.740. The molecule has 0 aromatic carbocycles. The third-order valence-electron chi connectivity index (χ3n) is 9.79. The summed E-state index contributed by atoms with van der Waals surface area (Å²) in [4.78, 5) is 37.6. The largest absolute Gasteiger partial charge is 0.462 e. The monoisotopic (exact) mass is 783 g/mol. The maximum absolute atomic E-state index is 12.7. The van der Waals surface area contributed by atoms with Gasteiger partial charge in [-0.2, -0.15) is 0 Å². The Morgan fingerprint density at radius 2 is 0.696 bits per heavy atom. The predicted molar refractivity (Wildman–Crippen MR) is 238 cm³/mol. The molecule has 322 valence electrons. The van der Waals surface area contributed by atoms with Crippen molar-refractivity contribution in [2.24, 2.45) is 0 Å². The van der Waals surface area contributed by atoms with Gasteiger partial charge in [0.25, 0.3) is 0 Å². The van der Waals surface area contributed by atoms with Gasteiger partial charge in [-0.15, -0.1) is 0 Å². The Hall–Kier alpha value is -2.89. The summed E-state index contributed by atoms with van der Waals surface area (Å²) in [6.07, 6.45) is 53.5. The van der Waals surface area contributed by atoms with E-state index in [0.29, 0.717) is 19.3 Å². The molecule has 0 fully saturated rings. The van der Waals surface area contributed by atoms with Crippen molar-refractivity contribution in [2.75, 3.05) is 13.2 Å². The molecule has 0 aliphatic rings. The summed E-state index contributed by atoms with van der Waals surface area (Å²) >= 11 is 0. The molecule has 1 unspecified atom stereocenters. The Labute approximate surface area is 345 Å². The SMILES string of the molecule is CC/C=C\C/C=C\C/C=C\C/C=C\C/C=C\CCCCCC(=O)OCC(COC(=O)CCCCCCCCCC)OC(=O)CCCCCCCCCCCCC. The fourth-order valence-electron chi connectivity index (χ4n) is 6.29. The molecule has 0 saturated heterocycles. The lowest BCUT2D eigenvalue weighted by atomic mass is 10.1. The zero-order valence-corrected chi connectivity index (χ0v) is 36.6. The average molecular weight is 783 g/mol. The van der Waals surface area contributed by atoms with Gasteiger partial charge < -0.3 is 14.2 Å². The lowest BCUT2D eigenvalue weighted by molar-refractivity contribution is -0.167. The van der Waals surface area contributed by atoms with Crippen LogP contribution in [0.1, 0.15) is 220 Å². The van der Waals surface area contributed by atoms with Gasteiger partial charge in [-0.25, -0.2) is 0 Å². The van der Waals surface area contributed by atoms with Crippen molar-refractivity contribution in [1.82, 2.24) is 0 Å². The standard InChI is InChI=1S/C50H86O6/c1-4-7-10-13-16-19-21-22-23-24-25-26-27-28-30-31-34-37-40-43-49(52)55-46-47(45-54-48(51)42-39-36-33-18-15-12-9-6-3)56-50(53)44-41-38-35-32-29-20-17-14-11-8-5-2/h7,10,16,19,22-23,25-26,28,30,47H,4-6,8-9,11-15,17-18,20-21,24,27,29,31-46H2,1-3H3/b10-7-,19-16-,23-22-,26-25-,30-28-. The third kappa shape index (κ3) is 42.3. The maximum Gasteiger partial charge on any atom is 0.306 e. The topological polar surface area (TPSA) is 78.9 Å². The Bertz CT molecular complexity index is 1040. The van der Waals surface area contributed by atoms with Crippen molar-refractivity contribution < 1.29 is 28.6 Å². The molecule has 0 aromatic rings. The van der Waals surface area contributed by atoms with Crippen LogP contribution in [-0.2, 0) is 28.6 Å². The number of carbonyl (C=O) groups is 3. The zero-order valence-electron chi connectivity index (χ0n) is 36.6. The van der Waals surface area contributed by atoms with E-state index < -0.39 is 6.10 Å². The normalized spacial score (nSPS) is 12.6. The second-order valence-corrected chi connectivity index (χ2v) is 15.3. The van der Waals surface area contributed by atoms with Crippen LogP contribution in [0.25, 0.3) is 0 Å². The smallest absolute Gasteiger partial charge is 0.306 e. The number of hydrogen-bond donors (Lipinski definition) is 0. The van der Waals surface area contributed by atoms with Gasteiger partial charge >= 0.3 is 17.9 Å². The van der Waals surface area contributed by atoms with E-state index in [1.807, 2.05) is 0 Å². The highest BCUT2D eigenvalue weighted by Crippen LogP contribution is 2.14. The molecule has 0 spiro atoms. The maximum atomic E-state index is 12.7. The first-order valence-corrected chi connectivity index (χ1v) is 23.3. The summed E-state index contributed by atoms with van der Waals surface area (Å²) in [6.45, 7) is 6.45. The van der Waals surface area contributed by atoms with Crippen LogP contribution in [0, 0.1) is 0 Å². The molecule has 0 aliphatic heterocycles. The van der Waals surface area contributed by atoms with E-state index >= 15 is 0 Å². The highest BCUT2D eigenvalue weighted by atomic mass is 16.6. The first kappa shape index (κ1) is 53.1. The number of carbonyl (C=O) groups excluding carboxylic acids is 3. The van der Waals surface area contributed by atoms with E-state index in [1.54, 1.807) is 0 Å². The Kier molecular flexibility index (Phi) is 42.5. The second-order valence-electron chi connectivity index (χ2n) is 15.3. The molecule has 0 rings (SSSR count). The van der Waals surface area contributed by atoms with Crippen molar-refractivity contribution in [3.05, 3.63) is 60.8 Å². The van der Waals surface area contributed by atoms with Crippen LogP contribution in [0.4, 0.5) is 0 Å². The van der Waals surface area contributed by atoms with Crippen molar-refractivity contribution in [1.29, 1.82) is 0 Å². The van der Waals surface area contributed by atoms with Gasteiger partial charge in [0.1, 0.15) is 13.2 Å². The quantitative estimate of drug-likeness (QED) is 0.0266. The summed E-state index contributed by atoms with van der Waals surface area (Å²) in [5.74, 6) is -0.922. The number of unbranched alkanes of at least 4 members (excludes halogenated alkanes) is 20. The molecule has 0 amide bonds. The van der Waals surface area contributed by atoms with Gasteiger partial charge in [-0.05, 0) is 64.2 Å². The molecule has 0 aliphatic carbocycles. The summed E-state index contributed by atoms with van der Waals surface area (Å²) in [6, 6.07) is 0. The van der Waals surface area contributed by atoms with Gasteiger partial charge in [0.2, 0.25) is 0 Å². The number of ether oxygens (including phenoxy) is 3. The van der Waals surface area contributed by atoms with Crippen LogP contribution in [-0.4, -0.2) is 37.2 Å². The molecule has 0 bridgehead atoms. The number of hydrogen-bond acceptors (Lipinski definition) is 6. The van der Waals surface area contributed by atoms with Gasteiger partial charge in [-0.3, -0.25) is 14.4 Å². The van der Waals surface area contributed by atoms with Crippen molar-refractivity contribution >= 4 is 17.9 Å². The fourth-order valence-corrected chi connectivity index (χ4v) is 6.29. The number of esters is 3. The van der Waals surface area contributed by atoms with Gasteiger partial charge in [-0.1, -0.05) is 197 Å². The van der Waals surface area contributed by atoms with E-state index in [1.165, 1.54) is 83.5 Å². The number of rotatable bonds is 41. The molecule has 1 atom stereocenters. The molecule has 0 radical (unpaired) electrons. The zero-order chi connectivity index (χ0) is 40.8. The molecule has 0 N–H and O–H groups in total. The number of allylic oxidation sites excluding steroid dienone is 10. The van der Waals surface area contributed by atoms with Gasteiger partial charge in [0.15, 0.2) is 6.10 Å². The second kappa shape index (κ2) is 44.8. The Morgan fingerprint density at radius 1 is 0.375 bits per heavy atom. The lowest BCUT2D eigenvalue weighted by Gasteiger charge is -2.18. The van der Waals surface area contributed by atoms with E-state index in [4.69, 9.17) is 14.2 Å². The summed E-state index contributed by atoms with van der Waals surface area (Å²) in [5.41, 5.74) is 0. The lowest BCUT2D eigenvalue weighted by Crippen LogP contribution is -2.30. The van der Waals surface area contributed by atoms with Crippen LogP contribution in [0.5, 0.6) is 0 Å². The van der Waals surface area contributed by atoms with Crippen molar-refractivity contribution in [3.8, 4) is 0 Å². The minimum Gasteiger partial charge on any atom is -0.462 e. The van der Waals surface area contributed by atoms with E-state index in [2.05, 4.69) is 81.5 Å². The average Bonchev–Trinajstić information content (AvgIpc) is 3.19. The molecule has 6 heteroatoms. The molecule has 6 nitrogen and oxygen atoms in total. The molecule has 0 heterocycles. The minimum absolute atomic E-state index is 0.0830. The molecule has 0 aromatic heterocycles. The molecule has 0 saturated carbocycles. The van der Waals surface area contributed by atoms with E-state index in [-0.39, 0.29) is 31.1 Å². The van der Waals surface area contributed by atoms with E-state index in [0.717, 1.165) is 96.3 Å². The summed E-state index contributed by atoms with van der Waals surface area (Å²) < 4.78 is 16.7. The van der Waals surface area contributed by atoms with Crippen LogP contribution >= 0.6 is 0 Å². The first-order chi connectivity index (χ1) is 27.5. The highest BCUT2D eigenvalue weighted by molar-refractivity contribution is 5.71. The van der Waals surface area contributed by atoms with Crippen LogP contribution < -0.4 is 0 Å². The Balaban J connectivity index is 4.36. The van der Waals surface area contributed by atoms with E-state index in [9.17, 15) is 14.4 Å². The van der Waals surface area contributed by atoms with Crippen molar-refractivity contribution in [3.63, 3.8) is 0 Å². The van der Waals surface area contributed by atoms with Crippen LogP contribution in [0.3, 0.4) is 0 Å². The van der Waals surface area contributed by atoms with Gasteiger partial charge in [0.05, 0.1) is 0 Å². The van der Waals surface area contributed by atoms with Crippen molar-refractivity contribution in [2.45, 2.75) is 226 Å². The van der Waals surface area contributed by atoms with Crippen LogP contribution in [0.2, 0.25) is 0 Å². The van der Waals surface area contributed by atoms with Crippen LogP contribution in [0.15, 0.2) is 60.8 Å². The van der Waals surface area contributed by atoms with Gasteiger partial charge in [0, 0.05) is 19.3 Å². The molecular weight excluding hydrogens is 697 g/mol. The minimum atomic E-state index is -0.781. The molecular formula is C50H86O6. The third-order valence-corrected chi connectivity index (χ3v) is 9.79. The predicted octanol–water partition coefficient (Wildman–Crippen LogP) is 14.9. The highest BCUT2D eigenvalue weighted by Gasteiger charge is 2.19. The Morgan fingerprint density at radius 3 is 1.09 bits per heavy atom.